The van der Waals surface area contributed by atoms with Gasteiger partial charge in [0.1, 0.15) is 5.60 Å². The number of ether oxygens (including phenoxy) is 5. The van der Waals surface area contributed by atoms with E-state index in [0.717, 1.165) is 22.3 Å². The normalized spacial score (nSPS) is 24.0. The average Bonchev–Trinajstić information content (AvgIpc) is 3.51. The Kier molecular flexibility index (Phi) is 6.89. The van der Waals surface area contributed by atoms with Crippen LogP contribution in [0.25, 0.3) is 6.08 Å². The van der Waals surface area contributed by atoms with Gasteiger partial charge in [0.25, 0.3) is 0 Å². The summed E-state index contributed by atoms with van der Waals surface area (Å²) in [6.45, 7) is 0. The van der Waals surface area contributed by atoms with Crippen molar-refractivity contribution in [2.45, 2.75) is 36.9 Å². The van der Waals surface area contributed by atoms with Crippen LogP contribution in [0.1, 0.15) is 48.0 Å². The van der Waals surface area contributed by atoms with E-state index in [1.807, 2.05) is 54.6 Å². The van der Waals surface area contributed by atoms with Crippen molar-refractivity contribution < 1.29 is 28.5 Å². The van der Waals surface area contributed by atoms with E-state index in [9.17, 15) is 4.79 Å². The number of rotatable bonds is 7. The lowest BCUT2D eigenvalue weighted by atomic mass is 9.82. The van der Waals surface area contributed by atoms with Crippen LogP contribution in [-0.4, -0.2) is 44.8 Å². The molecule has 7 nitrogen and oxygen atoms in total. The maximum Gasteiger partial charge on any atom is 0.191 e. The molecule has 0 radical (unpaired) electrons. The van der Waals surface area contributed by atoms with Crippen molar-refractivity contribution in [2.24, 2.45) is 0 Å². The molecule has 7 heteroatoms. The first-order valence-electron chi connectivity index (χ1n) is 12.3. The van der Waals surface area contributed by atoms with E-state index in [4.69, 9.17) is 23.7 Å². The molecule has 192 valence electrons. The molecule has 1 saturated carbocycles. The predicted octanol–water partition coefficient (Wildman–Crippen LogP) is 5.55. The Morgan fingerprint density at radius 1 is 0.892 bits per heavy atom. The Morgan fingerprint density at radius 2 is 1.54 bits per heavy atom. The quantitative estimate of drug-likeness (QED) is 0.393. The van der Waals surface area contributed by atoms with Gasteiger partial charge in [0.2, 0.25) is 0 Å². The second kappa shape index (κ2) is 10.3. The summed E-state index contributed by atoms with van der Waals surface area (Å²) in [6.07, 6.45) is 7.05. The van der Waals surface area contributed by atoms with E-state index >= 15 is 0 Å². The maximum absolute atomic E-state index is 14.1. The van der Waals surface area contributed by atoms with E-state index in [0.29, 0.717) is 42.3 Å². The van der Waals surface area contributed by atoms with Crippen molar-refractivity contribution in [3.05, 3.63) is 83.2 Å². The molecule has 3 unspecified atom stereocenters. The standard InChI is InChI=1S/C30H31NO6/c1-33-25-9-7-20(16-27(25)35-3)23-15-22(14-19-6-5-13-31-18-19)29(32)30(23)12-11-24(37-30)21-8-10-26(34-2)28(17-21)36-4/h5-10,13-14,16-18,23-24H,11-12,15H2,1-4H3/b22-14+. The fourth-order valence-corrected chi connectivity index (χ4v) is 5.58. The van der Waals surface area contributed by atoms with Crippen LogP contribution in [0.3, 0.4) is 0 Å². The van der Waals surface area contributed by atoms with Gasteiger partial charge in [0.05, 0.1) is 34.5 Å². The van der Waals surface area contributed by atoms with Crippen molar-refractivity contribution in [1.29, 1.82) is 0 Å². The Morgan fingerprint density at radius 3 is 2.16 bits per heavy atom. The summed E-state index contributed by atoms with van der Waals surface area (Å²) in [5.41, 5.74) is 2.58. The van der Waals surface area contributed by atoms with Crippen LogP contribution in [0, 0.1) is 0 Å². The molecule has 0 N–H and O–H groups in total. The second-order valence-corrected chi connectivity index (χ2v) is 9.31. The molecule has 0 bridgehead atoms. The molecule has 2 fully saturated rings. The number of nitrogens with zero attached hydrogens (tertiary/aromatic N) is 1. The van der Waals surface area contributed by atoms with Gasteiger partial charge in [-0.2, -0.15) is 0 Å². The summed E-state index contributed by atoms with van der Waals surface area (Å²) in [5, 5.41) is 0. The first kappa shape index (κ1) is 24.8. The average molecular weight is 502 g/mol. The Balaban J connectivity index is 1.55. The number of carbonyl (C=O) groups excluding carboxylic acids is 1. The van der Waals surface area contributed by atoms with E-state index in [2.05, 4.69) is 4.98 Å². The highest BCUT2D eigenvalue weighted by atomic mass is 16.5. The monoisotopic (exact) mass is 501 g/mol. The van der Waals surface area contributed by atoms with Gasteiger partial charge >= 0.3 is 0 Å². The van der Waals surface area contributed by atoms with Gasteiger partial charge in [-0.15, -0.1) is 0 Å². The zero-order valence-corrected chi connectivity index (χ0v) is 21.5. The molecule has 1 saturated heterocycles. The van der Waals surface area contributed by atoms with Gasteiger partial charge in [0, 0.05) is 18.3 Å². The van der Waals surface area contributed by atoms with Crippen molar-refractivity contribution in [3.63, 3.8) is 0 Å². The Labute approximate surface area is 217 Å². The van der Waals surface area contributed by atoms with Gasteiger partial charge in [-0.1, -0.05) is 18.2 Å². The third kappa shape index (κ3) is 4.44. The molecule has 0 amide bonds. The number of carbonyl (C=O) groups is 1. The summed E-state index contributed by atoms with van der Waals surface area (Å²) in [7, 11) is 6.45. The van der Waals surface area contributed by atoms with Crippen LogP contribution in [0.15, 0.2) is 66.5 Å². The minimum atomic E-state index is -0.981. The predicted molar refractivity (Wildman–Crippen MR) is 139 cm³/mol. The van der Waals surface area contributed by atoms with Crippen molar-refractivity contribution >= 4 is 11.9 Å². The van der Waals surface area contributed by atoms with Crippen LogP contribution < -0.4 is 18.9 Å². The number of aromatic nitrogens is 1. The van der Waals surface area contributed by atoms with E-state index < -0.39 is 5.60 Å². The van der Waals surface area contributed by atoms with Crippen molar-refractivity contribution in [3.8, 4) is 23.0 Å². The molecule has 3 atom stereocenters. The van der Waals surface area contributed by atoms with E-state index in [1.165, 1.54) is 0 Å². The minimum Gasteiger partial charge on any atom is -0.493 e. The van der Waals surface area contributed by atoms with Crippen LogP contribution in [0.2, 0.25) is 0 Å². The molecule has 1 aliphatic carbocycles. The molecule has 37 heavy (non-hydrogen) atoms. The third-order valence-corrected chi connectivity index (χ3v) is 7.41. The summed E-state index contributed by atoms with van der Waals surface area (Å²) in [4.78, 5) is 18.3. The van der Waals surface area contributed by atoms with Crippen LogP contribution in [0.5, 0.6) is 23.0 Å². The number of ketones is 1. The van der Waals surface area contributed by atoms with Crippen LogP contribution in [-0.2, 0) is 9.53 Å². The minimum absolute atomic E-state index is 0.0270. The highest BCUT2D eigenvalue weighted by molar-refractivity contribution is 6.09. The smallest absolute Gasteiger partial charge is 0.191 e. The molecule has 3 aromatic rings. The number of hydrogen-bond acceptors (Lipinski definition) is 7. The fraction of sp³-hybridized carbons (Fsp3) is 0.333. The summed E-state index contributed by atoms with van der Waals surface area (Å²) in [5.74, 6) is 2.41. The zero-order valence-electron chi connectivity index (χ0n) is 21.5. The first-order valence-corrected chi connectivity index (χ1v) is 12.3. The fourth-order valence-electron chi connectivity index (χ4n) is 5.58. The highest BCUT2D eigenvalue weighted by Gasteiger charge is 2.58. The largest absolute Gasteiger partial charge is 0.493 e. The SMILES string of the molecule is COc1ccc(C2CCC3(O2)C(=O)/C(=C/c2cccnc2)CC3c2ccc(OC)c(OC)c2)cc1OC. The molecule has 1 aliphatic heterocycles. The molecule has 2 heterocycles. The van der Waals surface area contributed by atoms with E-state index in [-0.39, 0.29) is 17.8 Å². The van der Waals surface area contributed by atoms with Crippen molar-refractivity contribution in [1.82, 2.24) is 4.98 Å². The van der Waals surface area contributed by atoms with E-state index in [1.54, 1.807) is 40.8 Å². The zero-order chi connectivity index (χ0) is 26.0. The summed E-state index contributed by atoms with van der Waals surface area (Å²) >= 11 is 0. The summed E-state index contributed by atoms with van der Waals surface area (Å²) < 4.78 is 28.7. The highest BCUT2D eigenvalue weighted by Crippen LogP contribution is 2.56. The Hall–Kier alpha value is -3.84. The molecule has 5 rings (SSSR count). The van der Waals surface area contributed by atoms with Crippen LogP contribution >= 0.6 is 0 Å². The lowest BCUT2D eigenvalue weighted by Crippen LogP contribution is -2.38. The summed E-state index contributed by atoms with van der Waals surface area (Å²) in [6, 6.07) is 15.4. The van der Waals surface area contributed by atoms with Gasteiger partial charge in [-0.3, -0.25) is 9.78 Å². The van der Waals surface area contributed by atoms with Gasteiger partial charge in [-0.05, 0) is 77.9 Å². The molecule has 1 aromatic heterocycles. The molecule has 2 aromatic carbocycles. The second-order valence-electron chi connectivity index (χ2n) is 9.31. The van der Waals surface area contributed by atoms with Gasteiger partial charge in [0.15, 0.2) is 28.8 Å². The number of benzene rings is 2. The topological polar surface area (TPSA) is 76.1 Å². The number of hydrogen-bond donors (Lipinski definition) is 0. The maximum atomic E-state index is 14.1. The lowest BCUT2D eigenvalue weighted by molar-refractivity contribution is -0.138. The van der Waals surface area contributed by atoms with Gasteiger partial charge < -0.3 is 23.7 Å². The number of methoxy groups -OCH3 is 4. The lowest BCUT2D eigenvalue weighted by Gasteiger charge is -2.30. The van der Waals surface area contributed by atoms with Crippen LogP contribution in [0.4, 0.5) is 0 Å². The first-order chi connectivity index (χ1) is 18.0. The Bertz CT molecular complexity index is 1320. The number of Topliss-reactive ketones (excluding diaryl/α,β-unsaturated/α-hetero) is 1. The third-order valence-electron chi connectivity index (χ3n) is 7.41. The molecule has 2 aliphatic rings. The van der Waals surface area contributed by atoms with Gasteiger partial charge in [-0.25, -0.2) is 0 Å². The van der Waals surface area contributed by atoms with Crippen molar-refractivity contribution in [2.75, 3.05) is 28.4 Å². The molecular weight excluding hydrogens is 470 g/mol. The molecule has 1 spiro atoms. The number of pyridine rings is 1. The molecular formula is C30H31NO6.